The van der Waals surface area contributed by atoms with Gasteiger partial charge in [-0.3, -0.25) is 19.3 Å². The van der Waals surface area contributed by atoms with E-state index in [4.69, 9.17) is 4.74 Å². The quantitative estimate of drug-likeness (QED) is 0.868. The second kappa shape index (κ2) is 6.74. The standard InChI is InChI=1S/C20H23N3O4/c1-27-13-12-21-19(26)17-18(25)16(24)8-11-22(17)23(20(21)9-5-10-20)14-15-6-3-2-4-7-15/h2-4,6-8,11,25H,5,9-10,12-14H2,1H3. The third kappa shape index (κ3) is 2.70. The van der Waals surface area contributed by atoms with Crippen LogP contribution in [-0.2, 0) is 11.3 Å². The van der Waals surface area contributed by atoms with Gasteiger partial charge in [-0.15, -0.1) is 0 Å². The highest BCUT2D eigenvalue weighted by Crippen LogP contribution is 2.44. The largest absolute Gasteiger partial charge is 0.502 e. The number of fused-ring (bicyclic) bond motifs is 1. The predicted molar refractivity (Wildman–Crippen MR) is 100 cm³/mol. The highest BCUT2D eigenvalue weighted by Gasteiger charge is 2.54. The van der Waals surface area contributed by atoms with Crippen molar-refractivity contribution in [2.75, 3.05) is 25.3 Å². The van der Waals surface area contributed by atoms with E-state index in [2.05, 4.69) is 5.01 Å². The third-order valence-electron chi connectivity index (χ3n) is 5.59. The van der Waals surface area contributed by atoms with Crippen LogP contribution in [0.2, 0.25) is 0 Å². The van der Waals surface area contributed by atoms with Crippen molar-refractivity contribution in [3.05, 3.63) is 64.1 Å². The molecule has 7 heteroatoms. The molecule has 0 bridgehead atoms. The molecule has 2 heterocycles. The second-order valence-electron chi connectivity index (χ2n) is 7.05. The van der Waals surface area contributed by atoms with Crippen molar-refractivity contribution in [3.8, 4) is 5.75 Å². The molecule has 27 heavy (non-hydrogen) atoms. The van der Waals surface area contributed by atoms with Crippen LogP contribution in [0.1, 0.15) is 35.3 Å². The fourth-order valence-corrected chi connectivity index (χ4v) is 4.07. The Labute approximate surface area is 157 Å². The smallest absolute Gasteiger partial charge is 0.278 e. The van der Waals surface area contributed by atoms with E-state index in [1.165, 1.54) is 6.07 Å². The highest BCUT2D eigenvalue weighted by molar-refractivity contribution is 5.97. The molecule has 0 atom stereocenters. The molecule has 4 rings (SSSR count). The van der Waals surface area contributed by atoms with Gasteiger partial charge >= 0.3 is 0 Å². The first-order valence-electron chi connectivity index (χ1n) is 9.16. The number of rotatable bonds is 5. The lowest BCUT2D eigenvalue weighted by Crippen LogP contribution is -2.73. The minimum Gasteiger partial charge on any atom is -0.502 e. The SMILES string of the molecule is COCCN1C(=O)c2c(O)c(=O)ccn2N(Cc2ccccc2)C12CCC2. The van der Waals surface area contributed by atoms with Crippen LogP contribution in [0.25, 0.3) is 0 Å². The van der Waals surface area contributed by atoms with Crippen molar-refractivity contribution in [2.45, 2.75) is 31.5 Å². The number of methoxy groups -OCH3 is 1. The van der Waals surface area contributed by atoms with Crippen molar-refractivity contribution in [1.29, 1.82) is 0 Å². The molecule has 0 saturated heterocycles. The Hall–Kier alpha value is -2.80. The van der Waals surface area contributed by atoms with E-state index in [9.17, 15) is 14.7 Å². The normalized spacial score (nSPS) is 17.7. The van der Waals surface area contributed by atoms with E-state index in [-0.39, 0.29) is 11.6 Å². The second-order valence-corrected chi connectivity index (χ2v) is 7.05. The molecule has 1 aliphatic carbocycles. The van der Waals surface area contributed by atoms with Crippen LogP contribution < -0.4 is 10.4 Å². The molecule has 1 saturated carbocycles. The number of pyridine rings is 1. The minimum atomic E-state index is -0.550. The van der Waals surface area contributed by atoms with Crippen LogP contribution in [0.3, 0.4) is 0 Å². The van der Waals surface area contributed by atoms with Crippen LogP contribution in [0, 0.1) is 0 Å². The summed E-state index contributed by atoms with van der Waals surface area (Å²) in [6.45, 7) is 1.36. The van der Waals surface area contributed by atoms with Gasteiger partial charge < -0.3 is 14.7 Å². The Bertz CT molecular complexity index is 905. The minimum absolute atomic E-state index is 0.0204. The van der Waals surface area contributed by atoms with Gasteiger partial charge in [-0.05, 0) is 24.8 Å². The molecule has 1 aromatic carbocycles. The van der Waals surface area contributed by atoms with Crippen LogP contribution in [0.5, 0.6) is 5.75 Å². The van der Waals surface area contributed by atoms with Gasteiger partial charge in [0.15, 0.2) is 11.4 Å². The number of nitrogens with zero attached hydrogens (tertiary/aromatic N) is 3. The maximum atomic E-state index is 13.2. The summed E-state index contributed by atoms with van der Waals surface area (Å²) in [4.78, 5) is 27.0. The molecular weight excluding hydrogens is 346 g/mol. The van der Waals surface area contributed by atoms with Crippen molar-refractivity contribution in [1.82, 2.24) is 9.58 Å². The first kappa shape index (κ1) is 17.6. The Morgan fingerprint density at radius 3 is 2.52 bits per heavy atom. The Kier molecular flexibility index (Phi) is 4.39. The maximum absolute atomic E-state index is 13.2. The van der Waals surface area contributed by atoms with Gasteiger partial charge in [-0.1, -0.05) is 30.3 Å². The molecule has 1 fully saturated rings. The van der Waals surface area contributed by atoms with Crippen LogP contribution in [0.4, 0.5) is 0 Å². The molecule has 7 nitrogen and oxygen atoms in total. The summed E-state index contributed by atoms with van der Waals surface area (Å²) in [6, 6.07) is 11.3. The molecular formula is C20H23N3O4. The van der Waals surface area contributed by atoms with Gasteiger partial charge in [-0.2, -0.15) is 0 Å². The van der Waals surface area contributed by atoms with Gasteiger partial charge in [0.1, 0.15) is 5.66 Å². The van der Waals surface area contributed by atoms with Crippen LogP contribution in [0.15, 0.2) is 47.4 Å². The fourth-order valence-electron chi connectivity index (χ4n) is 4.07. The van der Waals surface area contributed by atoms with E-state index in [0.29, 0.717) is 19.7 Å². The molecule has 0 unspecified atom stereocenters. The monoisotopic (exact) mass is 369 g/mol. The number of amides is 1. The lowest BCUT2D eigenvalue weighted by Gasteiger charge is -2.60. The van der Waals surface area contributed by atoms with E-state index in [1.54, 1.807) is 22.9 Å². The molecule has 1 N–H and O–H groups in total. The molecule has 142 valence electrons. The Balaban J connectivity index is 1.86. The van der Waals surface area contributed by atoms with E-state index >= 15 is 0 Å². The zero-order chi connectivity index (χ0) is 19.0. The Morgan fingerprint density at radius 1 is 1.15 bits per heavy atom. The zero-order valence-electron chi connectivity index (χ0n) is 15.3. The first-order valence-corrected chi connectivity index (χ1v) is 9.16. The summed E-state index contributed by atoms with van der Waals surface area (Å²) in [5, 5.41) is 12.5. The van der Waals surface area contributed by atoms with Crippen molar-refractivity contribution in [2.24, 2.45) is 0 Å². The number of benzene rings is 1. The summed E-state index contributed by atoms with van der Waals surface area (Å²) >= 11 is 0. The molecule has 2 aromatic rings. The molecule has 1 spiro atoms. The molecule has 1 amide bonds. The van der Waals surface area contributed by atoms with Gasteiger partial charge in [-0.25, -0.2) is 0 Å². The molecule has 0 radical (unpaired) electrons. The van der Waals surface area contributed by atoms with E-state index in [0.717, 1.165) is 24.8 Å². The summed E-state index contributed by atoms with van der Waals surface area (Å²) in [6.07, 6.45) is 4.28. The highest BCUT2D eigenvalue weighted by atomic mass is 16.5. The number of ether oxygens (including phenoxy) is 1. The average molecular weight is 369 g/mol. The van der Waals surface area contributed by atoms with E-state index < -0.39 is 16.8 Å². The number of hydrogen-bond donors (Lipinski definition) is 1. The number of carbonyl (C=O) groups excluding carboxylic acids is 1. The van der Waals surface area contributed by atoms with E-state index in [1.807, 2.05) is 30.3 Å². The lowest BCUT2D eigenvalue weighted by molar-refractivity contribution is -0.0224. The van der Waals surface area contributed by atoms with Crippen molar-refractivity contribution >= 4 is 5.91 Å². The average Bonchev–Trinajstić information content (AvgIpc) is 2.64. The summed E-state index contributed by atoms with van der Waals surface area (Å²) < 4.78 is 6.87. The topological polar surface area (TPSA) is 75.0 Å². The zero-order valence-corrected chi connectivity index (χ0v) is 15.3. The Morgan fingerprint density at radius 2 is 1.89 bits per heavy atom. The van der Waals surface area contributed by atoms with Gasteiger partial charge in [0.2, 0.25) is 5.43 Å². The maximum Gasteiger partial charge on any atom is 0.278 e. The number of aromatic nitrogens is 1. The summed E-state index contributed by atoms with van der Waals surface area (Å²) in [7, 11) is 1.60. The van der Waals surface area contributed by atoms with Gasteiger partial charge in [0.25, 0.3) is 5.91 Å². The molecule has 2 aliphatic rings. The van der Waals surface area contributed by atoms with Crippen molar-refractivity contribution < 1.29 is 14.6 Å². The summed E-state index contributed by atoms with van der Waals surface area (Å²) in [5.41, 5.74) is 0.0893. The molecule has 1 aromatic heterocycles. The fraction of sp³-hybridized carbons (Fsp3) is 0.400. The summed E-state index contributed by atoms with van der Waals surface area (Å²) in [5.74, 6) is -0.830. The lowest BCUT2D eigenvalue weighted by atomic mass is 9.81. The number of hydrogen-bond acceptors (Lipinski definition) is 5. The van der Waals surface area contributed by atoms with Gasteiger partial charge in [0.05, 0.1) is 13.2 Å². The van der Waals surface area contributed by atoms with Crippen LogP contribution >= 0.6 is 0 Å². The van der Waals surface area contributed by atoms with Crippen LogP contribution in [-0.4, -0.2) is 46.5 Å². The predicted octanol–water partition coefficient (Wildman–Crippen LogP) is 1.67. The first-order chi connectivity index (χ1) is 13.1. The number of aromatic hydroxyl groups is 1. The van der Waals surface area contributed by atoms with Crippen molar-refractivity contribution in [3.63, 3.8) is 0 Å². The third-order valence-corrected chi connectivity index (χ3v) is 5.59. The molecule has 1 aliphatic heterocycles. The van der Waals surface area contributed by atoms with Gasteiger partial charge in [0, 0.05) is 25.9 Å². The number of carbonyl (C=O) groups is 1.